The van der Waals surface area contributed by atoms with Crippen molar-refractivity contribution in [3.63, 3.8) is 0 Å². The molecule has 7 heteroatoms. The Balaban J connectivity index is 2.07. The number of nitrogens with one attached hydrogen (secondary N) is 1. The fourth-order valence-corrected chi connectivity index (χ4v) is 3.19. The van der Waals surface area contributed by atoms with E-state index in [0.717, 1.165) is 29.1 Å². The number of nitrogens with zero attached hydrogens (tertiary/aromatic N) is 4. The summed E-state index contributed by atoms with van der Waals surface area (Å²) in [6, 6.07) is 2.09. The van der Waals surface area contributed by atoms with E-state index in [1.807, 2.05) is 11.9 Å². The molecule has 106 valence electrons. The molecule has 0 unspecified atom stereocenters. The van der Waals surface area contributed by atoms with Crippen LogP contribution in [0.2, 0.25) is 0 Å². The highest BCUT2D eigenvalue weighted by molar-refractivity contribution is 7.18. The number of thiophene rings is 1. The second-order valence-electron chi connectivity index (χ2n) is 4.93. The third kappa shape index (κ3) is 2.18. The van der Waals surface area contributed by atoms with E-state index >= 15 is 0 Å². The number of aryl methyl sites for hydroxylation is 1. The van der Waals surface area contributed by atoms with E-state index in [1.165, 1.54) is 4.88 Å². The van der Waals surface area contributed by atoms with Crippen molar-refractivity contribution in [2.45, 2.75) is 6.92 Å². The lowest BCUT2D eigenvalue weighted by atomic mass is 10.2. The van der Waals surface area contributed by atoms with Crippen LogP contribution in [0.5, 0.6) is 0 Å². The summed E-state index contributed by atoms with van der Waals surface area (Å²) >= 11 is 1.65. The zero-order valence-electron chi connectivity index (χ0n) is 11.8. The van der Waals surface area contributed by atoms with Gasteiger partial charge in [-0.15, -0.1) is 11.3 Å². The van der Waals surface area contributed by atoms with Gasteiger partial charge >= 0.3 is 0 Å². The highest BCUT2D eigenvalue weighted by Gasteiger charge is 2.24. The average molecular weight is 291 g/mol. The van der Waals surface area contributed by atoms with Gasteiger partial charge in [0.1, 0.15) is 10.6 Å². The molecule has 0 saturated carbocycles. The zero-order valence-corrected chi connectivity index (χ0v) is 12.6. The molecule has 0 radical (unpaired) electrons. The van der Waals surface area contributed by atoms with Gasteiger partial charge in [0.25, 0.3) is 0 Å². The van der Waals surface area contributed by atoms with Crippen molar-refractivity contribution in [2.24, 2.45) is 0 Å². The van der Waals surface area contributed by atoms with Crippen molar-refractivity contribution in [3.05, 3.63) is 10.9 Å². The molecule has 1 amide bonds. The van der Waals surface area contributed by atoms with Gasteiger partial charge in [-0.25, -0.2) is 4.98 Å². The fraction of sp³-hybridized carbons (Fsp3) is 0.462. The van der Waals surface area contributed by atoms with Gasteiger partial charge in [0, 0.05) is 32.1 Å². The van der Waals surface area contributed by atoms with E-state index in [-0.39, 0.29) is 5.91 Å². The number of aromatic nitrogens is 2. The Hall–Kier alpha value is -1.89. The third-order valence-corrected chi connectivity index (χ3v) is 4.42. The van der Waals surface area contributed by atoms with Gasteiger partial charge in [-0.3, -0.25) is 4.79 Å². The summed E-state index contributed by atoms with van der Waals surface area (Å²) in [6.07, 6.45) is 0. The number of likely N-dealkylation sites (N-methyl/N-ethyl adjacent to an activating group) is 1. The van der Waals surface area contributed by atoms with Crippen molar-refractivity contribution in [1.82, 2.24) is 14.9 Å². The van der Waals surface area contributed by atoms with Crippen molar-refractivity contribution < 1.29 is 4.79 Å². The van der Waals surface area contributed by atoms with E-state index < -0.39 is 0 Å². The van der Waals surface area contributed by atoms with Crippen molar-refractivity contribution in [3.8, 4) is 0 Å². The van der Waals surface area contributed by atoms with Crippen molar-refractivity contribution >= 4 is 39.2 Å². The molecule has 1 aliphatic heterocycles. The minimum atomic E-state index is 0.126. The second kappa shape index (κ2) is 4.90. The van der Waals surface area contributed by atoms with Gasteiger partial charge in [-0.2, -0.15) is 4.98 Å². The molecule has 0 spiro atoms. The maximum Gasteiger partial charge on any atom is 0.241 e. The highest BCUT2D eigenvalue weighted by Crippen LogP contribution is 2.32. The molecular formula is C13H17N5OS. The van der Waals surface area contributed by atoms with Gasteiger partial charge in [-0.1, -0.05) is 0 Å². The highest BCUT2D eigenvalue weighted by atomic mass is 32.1. The number of hydrogen-bond acceptors (Lipinski definition) is 6. The van der Waals surface area contributed by atoms with Crippen LogP contribution >= 0.6 is 11.3 Å². The molecular weight excluding hydrogens is 274 g/mol. The summed E-state index contributed by atoms with van der Waals surface area (Å²) in [5, 5.41) is 4.02. The maximum atomic E-state index is 11.9. The molecule has 0 bridgehead atoms. The first-order valence-electron chi connectivity index (χ1n) is 6.53. The van der Waals surface area contributed by atoms with Crippen LogP contribution in [0.25, 0.3) is 10.2 Å². The predicted molar refractivity (Wildman–Crippen MR) is 81.5 cm³/mol. The standard InChI is InChI=1S/C13H17N5OS/c1-8-6-9-11(15-13(14-2)16-12(9)20-8)18-5-4-17(3)10(19)7-18/h6H,4-5,7H2,1-3H3,(H,14,15,16). The van der Waals surface area contributed by atoms with Crippen LogP contribution in [-0.4, -0.2) is 54.5 Å². The number of fused-ring (bicyclic) bond motifs is 1. The molecule has 0 aromatic carbocycles. The summed E-state index contributed by atoms with van der Waals surface area (Å²) in [6.45, 7) is 3.96. The van der Waals surface area contributed by atoms with Gasteiger partial charge in [0.2, 0.25) is 11.9 Å². The second-order valence-corrected chi connectivity index (χ2v) is 6.17. The molecule has 2 aromatic heterocycles. The van der Waals surface area contributed by atoms with E-state index in [2.05, 4.69) is 28.3 Å². The lowest BCUT2D eigenvalue weighted by Gasteiger charge is -2.33. The first-order valence-corrected chi connectivity index (χ1v) is 7.35. The Kier molecular flexibility index (Phi) is 3.21. The van der Waals surface area contributed by atoms with Crippen molar-refractivity contribution in [2.75, 3.05) is 43.9 Å². The smallest absolute Gasteiger partial charge is 0.241 e. The fourth-order valence-electron chi connectivity index (χ4n) is 2.32. The zero-order chi connectivity index (χ0) is 14.3. The number of rotatable bonds is 2. The number of anilines is 2. The summed E-state index contributed by atoms with van der Waals surface area (Å²) < 4.78 is 0. The minimum absolute atomic E-state index is 0.126. The average Bonchev–Trinajstić information content (AvgIpc) is 2.80. The molecule has 6 nitrogen and oxygen atoms in total. The lowest BCUT2D eigenvalue weighted by Crippen LogP contribution is -2.48. The number of carbonyl (C=O) groups excluding carboxylic acids is 1. The number of amides is 1. The molecule has 1 N–H and O–H groups in total. The van der Waals surface area contributed by atoms with Gasteiger partial charge < -0.3 is 15.1 Å². The summed E-state index contributed by atoms with van der Waals surface area (Å²) in [7, 11) is 3.64. The SMILES string of the molecule is CNc1nc(N2CCN(C)C(=O)C2)c2cc(C)sc2n1. The molecule has 1 saturated heterocycles. The quantitative estimate of drug-likeness (QED) is 0.904. The lowest BCUT2D eigenvalue weighted by molar-refractivity contribution is -0.129. The van der Waals surface area contributed by atoms with Crippen LogP contribution in [0.1, 0.15) is 4.88 Å². The van der Waals surface area contributed by atoms with Crippen LogP contribution in [-0.2, 0) is 4.79 Å². The number of carbonyl (C=O) groups is 1. The van der Waals surface area contributed by atoms with Crippen LogP contribution in [0.15, 0.2) is 6.07 Å². The molecule has 3 heterocycles. The monoisotopic (exact) mass is 291 g/mol. The van der Waals surface area contributed by atoms with Crippen LogP contribution < -0.4 is 10.2 Å². The van der Waals surface area contributed by atoms with Crippen LogP contribution in [0, 0.1) is 6.92 Å². The molecule has 3 rings (SSSR count). The maximum absolute atomic E-state index is 11.9. The Morgan fingerprint density at radius 2 is 2.15 bits per heavy atom. The minimum Gasteiger partial charge on any atom is -0.357 e. The van der Waals surface area contributed by atoms with E-state index in [1.54, 1.807) is 23.3 Å². The largest absolute Gasteiger partial charge is 0.357 e. The van der Waals surface area contributed by atoms with Gasteiger partial charge in [0.05, 0.1) is 11.9 Å². The summed E-state index contributed by atoms with van der Waals surface area (Å²) in [5.74, 6) is 1.58. The predicted octanol–water partition coefficient (Wildman–Crippen LogP) is 1.32. The Morgan fingerprint density at radius 3 is 2.85 bits per heavy atom. The Bertz CT molecular complexity index is 668. The molecule has 0 atom stereocenters. The van der Waals surface area contributed by atoms with Crippen molar-refractivity contribution in [1.29, 1.82) is 0 Å². The normalized spacial score (nSPS) is 16.1. The molecule has 20 heavy (non-hydrogen) atoms. The molecule has 1 aliphatic rings. The van der Waals surface area contributed by atoms with E-state index in [4.69, 9.17) is 0 Å². The number of hydrogen-bond donors (Lipinski definition) is 1. The Morgan fingerprint density at radius 1 is 1.35 bits per heavy atom. The topological polar surface area (TPSA) is 61.4 Å². The number of piperazine rings is 1. The molecule has 2 aromatic rings. The summed E-state index contributed by atoms with van der Waals surface area (Å²) in [4.78, 5) is 26.9. The van der Waals surface area contributed by atoms with Gasteiger partial charge in [0.15, 0.2) is 0 Å². The first kappa shape index (κ1) is 13.1. The van der Waals surface area contributed by atoms with E-state index in [9.17, 15) is 4.79 Å². The van der Waals surface area contributed by atoms with Crippen LogP contribution in [0.4, 0.5) is 11.8 Å². The molecule has 0 aliphatic carbocycles. The Labute approximate surface area is 121 Å². The summed E-state index contributed by atoms with van der Waals surface area (Å²) in [5.41, 5.74) is 0. The van der Waals surface area contributed by atoms with E-state index in [0.29, 0.717) is 12.5 Å². The molecule has 1 fully saturated rings. The first-order chi connectivity index (χ1) is 9.58. The van der Waals surface area contributed by atoms with Gasteiger partial charge in [-0.05, 0) is 13.0 Å². The third-order valence-electron chi connectivity index (χ3n) is 3.48. The van der Waals surface area contributed by atoms with Crippen LogP contribution in [0.3, 0.4) is 0 Å².